The lowest BCUT2D eigenvalue weighted by atomic mass is 9.76. The first-order valence-corrected chi connectivity index (χ1v) is 17.5. The van der Waals surface area contributed by atoms with Gasteiger partial charge in [0.15, 0.2) is 5.88 Å². The molecule has 4 aromatic carbocycles. The van der Waals surface area contributed by atoms with Crippen LogP contribution in [0.4, 0.5) is 0 Å². The fourth-order valence-electron chi connectivity index (χ4n) is 6.93. The van der Waals surface area contributed by atoms with E-state index in [0.29, 0.717) is 19.0 Å². The third kappa shape index (κ3) is 6.87. The zero-order valence-electron chi connectivity index (χ0n) is 29.9. The molecular formula is C43H48ClN3O2. The molecule has 0 atom stereocenters. The molecule has 0 bridgehead atoms. The molecule has 0 spiro atoms. The smallest absolute Gasteiger partial charge is 0.182 e. The lowest BCUT2D eigenvalue weighted by Crippen LogP contribution is -2.42. The standard InChI is InChI=1S/C43H48ClN3O2/c1-30-26-40(36(27-37(30)44)41(3,4)5)48-29-38-35-24-25-46(31(2)49-42(6,7)8)28-39(35)47(45-38)43(32-18-12-9-13-19-32,33-20-14-10-15-21-33)34-22-16-11-17-23-34/h9-23,26-27H,2,24-25,28-29H2,1,3-8H3. The van der Waals surface area contributed by atoms with E-state index in [2.05, 4.69) is 155 Å². The zero-order valence-corrected chi connectivity index (χ0v) is 30.6. The van der Waals surface area contributed by atoms with Gasteiger partial charge in [0.2, 0.25) is 0 Å². The van der Waals surface area contributed by atoms with Crippen LogP contribution in [0.25, 0.3) is 0 Å². The third-order valence-electron chi connectivity index (χ3n) is 9.25. The first kappa shape index (κ1) is 34.4. The van der Waals surface area contributed by atoms with Crippen LogP contribution in [0.1, 0.15) is 86.3 Å². The largest absolute Gasteiger partial charge is 0.487 e. The summed E-state index contributed by atoms with van der Waals surface area (Å²) in [4.78, 5) is 2.24. The highest BCUT2D eigenvalue weighted by Gasteiger charge is 2.43. The molecule has 0 saturated carbocycles. The maximum Gasteiger partial charge on any atom is 0.182 e. The van der Waals surface area contributed by atoms with Crippen molar-refractivity contribution in [3.63, 3.8) is 0 Å². The van der Waals surface area contributed by atoms with Gasteiger partial charge in [0, 0.05) is 22.7 Å². The molecule has 0 fully saturated rings. The summed E-state index contributed by atoms with van der Waals surface area (Å²) in [5, 5.41) is 6.32. The van der Waals surface area contributed by atoms with Gasteiger partial charge in [-0.25, -0.2) is 4.68 Å². The Morgan fingerprint density at radius 3 is 1.84 bits per heavy atom. The molecule has 1 aromatic heterocycles. The first-order chi connectivity index (χ1) is 23.3. The Hall–Kier alpha value is -4.48. The van der Waals surface area contributed by atoms with Crippen LogP contribution in [0.5, 0.6) is 5.75 Å². The van der Waals surface area contributed by atoms with Gasteiger partial charge in [-0.2, -0.15) is 5.10 Å². The van der Waals surface area contributed by atoms with Gasteiger partial charge in [0.05, 0.1) is 12.2 Å². The van der Waals surface area contributed by atoms with Gasteiger partial charge in [-0.05, 0) is 80.5 Å². The van der Waals surface area contributed by atoms with Crippen LogP contribution in [0.15, 0.2) is 116 Å². The van der Waals surface area contributed by atoms with Gasteiger partial charge in [0.25, 0.3) is 0 Å². The van der Waals surface area contributed by atoms with Crippen LogP contribution in [-0.4, -0.2) is 26.8 Å². The molecule has 0 unspecified atom stereocenters. The molecular weight excluding hydrogens is 626 g/mol. The van der Waals surface area contributed by atoms with E-state index in [1.807, 2.05) is 13.0 Å². The van der Waals surface area contributed by atoms with Gasteiger partial charge >= 0.3 is 0 Å². The Morgan fingerprint density at radius 1 is 0.816 bits per heavy atom. The molecule has 0 amide bonds. The molecule has 0 saturated heterocycles. The number of fused-ring (bicyclic) bond motifs is 1. The molecule has 1 aliphatic rings. The highest BCUT2D eigenvalue weighted by atomic mass is 35.5. The molecule has 254 valence electrons. The number of benzene rings is 4. The van der Waals surface area contributed by atoms with Crippen LogP contribution in [-0.2, 0) is 35.3 Å². The van der Waals surface area contributed by atoms with Crippen molar-refractivity contribution < 1.29 is 9.47 Å². The predicted octanol–water partition coefficient (Wildman–Crippen LogP) is 10.2. The second-order valence-electron chi connectivity index (χ2n) is 15.0. The second kappa shape index (κ2) is 13.4. The van der Waals surface area contributed by atoms with Crippen molar-refractivity contribution in [2.75, 3.05) is 6.54 Å². The van der Waals surface area contributed by atoms with Crippen molar-refractivity contribution in [3.8, 4) is 5.75 Å². The molecule has 0 N–H and O–H groups in total. The van der Waals surface area contributed by atoms with E-state index in [1.165, 1.54) is 5.56 Å². The minimum Gasteiger partial charge on any atom is -0.487 e. The average molecular weight is 674 g/mol. The van der Waals surface area contributed by atoms with Gasteiger partial charge in [-0.3, -0.25) is 0 Å². The molecule has 5 nitrogen and oxygen atoms in total. The summed E-state index contributed by atoms with van der Waals surface area (Å²) >= 11 is 6.62. The predicted molar refractivity (Wildman–Crippen MR) is 200 cm³/mol. The normalized spacial score (nSPS) is 13.6. The summed E-state index contributed by atoms with van der Waals surface area (Å²) < 4.78 is 15.3. The van der Waals surface area contributed by atoms with Crippen LogP contribution >= 0.6 is 11.6 Å². The van der Waals surface area contributed by atoms with Crippen molar-refractivity contribution >= 4 is 11.6 Å². The number of hydrogen-bond donors (Lipinski definition) is 0. The molecule has 6 rings (SSSR count). The third-order valence-corrected chi connectivity index (χ3v) is 9.65. The Morgan fingerprint density at radius 2 is 1.35 bits per heavy atom. The Balaban J connectivity index is 1.57. The molecule has 49 heavy (non-hydrogen) atoms. The maximum absolute atomic E-state index is 6.74. The highest BCUT2D eigenvalue weighted by molar-refractivity contribution is 6.31. The van der Waals surface area contributed by atoms with Crippen LogP contribution < -0.4 is 4.74 Å². The molecule has 0 radical (unpaired) electrons. The monoisotopic (exact) mass is 673 g/mol. The minimum atomic E-state index is -0.769. The number of ether oxygens (including phenoxy) is 2. The fourth-order valence-corrected chi connectivity index (χ4v) is 7.09. The summed E-state index contributed by atoms with van der Waals surface area (Å²) in [5.74, 6) is 1.50. The second-order valence-corrected chi connectivity index (χ2v) is 15.4. The number of halogens is 1. The summed E-state index contributed by atoms with van der Waals surface area (Å²) in [7, 11) is 0. The lowest BCUT2D eigenvalue weighted by molar-refractivity contribution is -0.00155. The number of aryl methyl sites for hydroxylation is 1. The Labute approximate surface area is 297 Å². The van der Waals surface area contributed by atoms with Crippen molar-refractivity contribution in [1.29, 1.82) is 0 Å². The molecule has 5 aromatic rings. The maximum atomic E-state index is 6.74. The summed E-state index contributed by atoms with van der Waals surface area (Å²) in [6.45, 7) is 20.8. The van der Waals surface area contributed by atoms with Gasteiger partial charge in [-0.1, -0.05) is 123 Å². The Bertz CT molecular complexity index is 1820. The van der Waals surface area contributed by atoms with Crippen molar-refractivity contribution in [3.05, 3.63) is 165 Å². The van der Waals surface area contributed by atoms with Crippen molar-refractivity contribution in [2.24, 2.45) is 0 Å². The van der Waals surface area contributed by atoms with E-state index in [0.717, 1.165) is 62.9 Å². The zero-order chi connectivity index (χ0) is 35.0. The van der Waals surface area contributed by atoms with Gasteiger partial charge in [-0.15, -0.1) is 0 Å². The van der Waals surface area contributed by atoms with E-state index in [1.54, 1.807) is 0 Å². The van der Waals surface area contributed by atoms with Crippen molar-refractivity contribution in [2.45, 2.75) is 84.6 Å². The quantitative estimate of drug-likeness (QED) is 0.115. The van der Waals surface area contributed by atoms with E-state index in [4.69, 9.17) is 26.2 Å². The van der Waals surface area contributed by atoms with Gasteiger partial charge in [0.1, 0.15) is 29.2 Å². The SMILES string of the molecule is C=C(OC(C)(C)C)N1CCc2c(COc3cc(C)c(Cl)cc3C(C)(C)C)nn(C(c3ccccc3)(c3ccccc3)c3ccccc3)c2C1. The van der Waals surface area contributed by atoms with E-state index in [9.17, 15) is 0 Å². The fraction of sp³-hybridized carbons (Fsp3) is 0.326. The topological polar surface area (TPSA) is 39.5 Å². The average Bonchev–Trinajstić information content (AvgIpc) is 3.43. The lowest BCUT2D eigenvalue weighted by Gasteiger charge is -2.40. The van der Waals surface area contributed by atoms with E-state index < -0.39 is 5.54 Å². The van der Waals surface area contributed by atoms with Crippen molar-refractivity contribution in [1.82, 2.24) is 14.7 Å². The summed E-state index contributed by atoms with van der Waals surface area (Å²) in [6.07, 6.45) is 0.779. The molecule has 2 heterocycles. The number of hydrogen-bond acceptors (Lipinski definition) is 4. The number of rotatable bonds is 9. The first-order valence-electron chi connectivity index (χ1n) is 17.1. The van der Waals surface area contributed by atoms with Gasteiger partial charge < -0.3 is 14.4 Å². The Kier molecular flexibility index (Phi) is 9.43. The summed E-state index contributed by atoms with van der Waals surface area (Å²) in [6, 6.07) is 36.2. The summed E-state index contributed by atoms with van der Waals surface area (Å²) in [5.41, 5.74) is 7.39. The number of nitrogens with zero attached hydrogens (tertiary/aromatic N) is 3. The van der Waals surface area contributed by atoms with Crippen LogP contribution in [0.3, 0.4) is 0 Å². The minimum absolute atomic E-state index is 0.150. The van der Waals surface area contributed by atoms with E-state index in [-0.39, 0.29) is 11.0 Å². The highest BCUT2D eigenvalue weighted by Crippen LogP contribution is 2.44. The molecule has 1 aliphatic heterocycles. The van der Waals surface area contributed by atoms with Crippen LogP contribution in [0.2, 0.25) is 5.02 Å². The molecule has 6 heteroatoms. The van der Waals surface area contributed by atoms with Crippen LogP contribution in [0, 0.1) is 6.92 Å². The number of aromatic nitrogens is 2. The molecule has 0 aliphatic carbocycles. The van der Waals surface area contributed by atoms with E-state index >= 15 is 0 Å².